The molecule has 1 amide bonds. The van der Waals surface area contributed by atoms with E-state index in [0.717, 1.165) is 25.8 Å². The Bertz CT molecular complexity index is 1280. The SMILES string of the molecule is CCN(CCC#N)C(CNC(C)=O)C1CCN(c2c(F)cc3c(=O)[nH]c(=O)n(C4CC4)c3c2C)C1. The number of aromatic nitrogens is 2. The van der Waals surface area contributed by atoms with Crippen molar-refractivity contribution in [3.05, 3.63) is 38.3 Å². The summed E-state index contributed by atoms with van der Waals surface area (Å²) in [6.45, 7) is 8.31. The fourth-order valence-electron chi connectivity index (χ4n) is 5.53. The molecule has 4 rings (SSSR count). The van der Waals surface area contributed by atoms with Crippen LogP contribution in [0.5, 0.6) is 0 Å². The van der Waals surface area contributed by atoms with E-state index < -0.39 is 17.1 Å². The molecule has 1 saturated carbocycles. The highest BCUT2D eigenvalue weighted by molar-refractivity contribution is 5.87. The maximum Gasteiger partial charge on any atom is 0.329 e. The minimum Gasteiger partial charge on any atom is -0.369 e. The first-order valence-corrected chi connectivity index (χ1v) is 12.3. The van der Waals surface area contributed by atoms with Crippen LogP contribution in [0.4, 0.5) is 10.1 Å². The normalized spacial score (nSPS) is 18.7. The number of H-pyrrole nitrogens is 1. The Labute approximate surface area is 203 Å². The molecule has 35 heavy (non-hydrogen) atoms. The lowest BCUT2D eigenvalue weighted by Crippen LogP contribution is -2.49. The number of halogens is 1. The molecule has 9 nitrogen and oxygen atoms in total. The number of carbonyl (C=O) groups excluding carboxylic acids is 1. The highest BCUT2D eigenvalue weighted by atomic mass is 19.1. The van der Waals surface area contributed by atoms with Crippen LogP contribution in [0, 0.1) is 30.0 Å². The molecule has 2 fully saturated rings. The van der Waals surface area contributed by atoms with E-state index >= 15 is 4.39 Å². The smallest absolute Gasteiger partial charge is 0.329 e. The Morgan fingerprint density at radius 3 is 2.74 bits per heavy atom. The van der Waals surface area contributed by atoms with Gasteiger partial charge in [0.25, 0.3) is 5.56 Å². The van der Waals surface area contributed by atoms with Crippen LogP contribution in [0.3, 0.4) is 0 Å². The van der Waals surface area contributed by atoms with Crippen LogP contribution in [-0.2, 0) is 4.79 Å². The second kappa shape index (κ2) is 10.2. The number of anilines is 1. The maximum atomic E-state index is 15.4. The fraction of sp³-hybridized carbons (Fsp3) is 0.600. The summed E-state index contributed by atoms with van der Waals surface area (Å²) in [7, 11) is 0. The van der Waals surface area contributed by atoms with Crippen molar-refractivity contribution in [1.29, 1.82) is 5.26 Å². The van der Waals surface area contributed by atoms with Gasteiger partial charge in [0, 0.05) is 57.2 Å². The minimum atomic E-state index is -0.568. The molecule has 2 aromatic rings. The topological polar surface area (TPSA) is 114 Å². The zero-order valence-electron chi connectivity index (χ0n) is 20.6. The first-order chi connectivity index (χ1) is 16.8. The third-order valence-electron chi connectivity index (χ3n) is 7.33. The number of amides is 1. The van der Waals surface area contributed by atoms with Gasteiger partial charge in [0.15, 0.2) is 0 Å². The standard InChI is InChI=1S/C25H33FN6O3/c1-4-30(10-5-9-27)21(13-28-16(3)33)17-8-11-31(14-17)23-15(2)22-19(12-20(23)26)24(34)29-25(35)32(22)18-6-7-18/h12,17-18,21H,4-8,10-11,13-14H2,1-3H3,(H,28,33)(H,29,34,35). The molecular weight excluding hydrogens is 451 g/mol. The van der Waals surface area contributed by atoms with Gasteiger partial charge in [-0.2, -0.15) is 5.26 Å². The largest absolute Gasteiger partial charge is 0.369 e. The van der Waals surface area contributed by atoms with Gasteiger partial charge in [-0.25, -0.2) is 9.18 Å². The first-order valence-electron chi connectivity index (χ1n) is 12.3. The lowest BCUT2D eigenvalue weighted by molar-refractivity contribution is -0.119. The van der Waals surface area contributed by atoms with Crippen LogP contribution >= 0.6 is 0 Å². The Balaban J connectivity index is 1.69. The average Bonchev–Trinajstić information content (AvgIpc) is 3.53. The molecule has 2 heterocycles. The molecule has 2 unspecified atom stereocenters. The number of nitriles is 1. The number of hydrogen-bond donors (Lipinski definition) is 2. The van der Waals surface area contributed by atoms with Gasteiger partial charge >= 0.3 is 5.69 Å². The van der Waals surface area contributed by atoms with Gasteiger partial charge in [-0.1, -0.05) is 6.92 Å². The molecule has 1 saturated heterocycles. The van der Waals surface area contributed by atoms with Crippen molar-refractivity contribution < 1.29 is 9.18 Å². The molecule has 1 aromatic heterocycles. The fourth-order valence-corrected chi connectivity index (χ4v) is 5.53. The summed E-state index contributed by atoms with van der Waals surface area (Å²) >= 11 is 0. The molecule has 0 spiro atoms. The molecule has 1 aromatic carbocycles. The summed E-state index contributed by atoms with van der Waals surface area (Å²) in [5, 5.41) is 12.2. The van der Waals surface area contributed by atoms with Crippen LogP contribution in [-0.4, -0.2) is 59.1 Å². The summed E-state index contributed by atoms with van der Waals surface area (Å²) in [6, 6.07) is 3.49. The molecular formula is C25H33FN6O3. The number of rotatable bonds is 9. The molecule has 1 aliphatic heterocycles. The number of aryl methyl sites for hydroxylation is 1. The van der Waals surface area contributed by atoms with Crippen molar-refractivity contribution in [2.45, 2.75) is 58.5 Å². The molecule has 2 aliphatic rings. The highest BCUT2D eigenvalue weighted by Gasteiger charge is 2.35. The lowest BCUT2D eigenvalue weighted by Gasteiger charge is -2.35. The number of nitrogens with zero attached hydrogens (tertiary/aromatic N) is 4. The van der Waals surface area contributed by atoms with Crippen LogP contribution < -0.4 is 21.5 Å². The monoisotopic (exact) mass is 484 g/mol. The van der Waals surface area contributed by atoms with Crippen molar-refractivity contribution in [2.24, 2.45) is 5.92 Å². The van der Waals surface area contributed by atoms with E-state index in [0.29, 0.717) is 49.4 Å². The molecule has 0 bridgehead atoms. The minimum absolute atomic E-state index is 0.0126. The van der Waals surface area contributed by atoms with E-state index in [1.807, 2.05) is 11.8 Å². The number of likely N-dealkylation sites (N-methyl/N-ethyl adjacent to an activating group) is 1. The average molecular weight is 485 g/mol. The first kappa shape index (κ1) is 24.9. The number of carbonyl (C=O) groups is 1. The van der Waals surface area contributed by atoms with Gasteiger partial charge in [-0.05, 0) is 44.7 Å². The summed E-state index contributed by atoms with van der Waals surface area (Å²) in [5.74, 6) is -0.432. The number of aromatic amines is 1. The van der Waals surface area contributed by atoms with Gasteiger partial charge in [0.1, 0.15) is 5.82 Å². The van der Waals surface area contributed by atoms with Crippen molar-refractivity contribution in [3.8, 4) is 6.07 Å². The summed E-state index contributed by atoms with van der Waals surface area (Å²) in [5.41, 5.74) is 0.529. The summed E-state index contributed by atoms with van der Waals surface area (Å²) < 4.78 is 17.1. The molecule has 188 valence electrons. The Kier molecular flexibility index (Phi) is 7.26. The Morgan fingerprint density at radius 1 is 1.37 bits per heavy atom. The number of hydrogen-bond acceptors (Lipinski definition) is 6. The van der Waals surface area contributed by atoms with Crippen molar-refractivity contribution in [1.82, 2.24) is 19.8 Å². The van der Waals surface area contributed by atoms with E-state index in [-0.39, 0.29) is 29.3 Å². The number of benzene rings is 1. The molecule has 1 aliphatic carbocycles. The quantitative estimate of drug-likeness (QED) is 0.563. The lowest BCUT2D eigenvalue weighted by atomic mass is 9.96. The predicted octanol–water partition coefficient (Wildman–Crippen LogP) is 2.04. The number of fused-ring (bicyclic) bond motifs is 1. The zero-order chi connectivity index (χ0) is 25.3. The molecule has 2 atom stereocenters. The van der Waals surface area contributed by atoms with E-state index in [9.17, 15) is 14.4 Å². The third-order valence-corrected chi connectivity index (χ3v) is 7.33. The molecule has 0 radical (unpaired) electrons. The van der Waals surface area contributed by atoms with Gasteiger partial charge in [-0.15, -0.1) is 0 Å². The summed E-state index contributed by atoms with van der Waals surface area (Å²) in [4.78, 5) is 43.3. The Morgan fingerprint density at radius 2 is 2.11 bits per heavy atom. The van der Waals surface area contributed by atoms with E-state index in [1.165, 1.54) is 13.0 Å². The second-order valence-electron chi connectivity index (χ2n) is 9.62. The molecule has 10 heteroatoms. The van der Waals surface area contributed by atoms with Crippen LogP contribution in [0.25, 0.3) is 10.9 Å². The maximum absolute atomic E-state index is 15.4. The highest BCUT2D eigenvalue weighted by Crippen LogP contribution is 2.39. The van der Waals surface area contributed by atoms with Gasteiger partial charge < -0.3 is 10.2 Å². The Hall–Kier alpha value is -3.19. The predicted molar refractivity (Wildman–Crippen MR) is 132 cm³/mol. The van der Waals surface area contributed by atoms with Crippen LogP contribution in [0.2, 0.25) is 0 Å². The third kappa shape index (κ3) is 4.96. The second-order valence-corrected chi connectivity index (χ2v) is 9.62. The van der Waals surface area contributed by atoms with Gasteiger partial charge in [0.2, 0.25) is 5.91 Å². The van der Waals surface area contributed by atoms with Crippen molar-refractivity contribution in [3.63, 3.8) is 0 Å². The molecule has 2 N–H and O–H groups in total. The van der Waals surface area contributed by atoms with E-state index in [2.05, 4.69) is 21.3 Å². The summed E-state index contributed by atoms with van der Waals surface area (Å²) in [6.07, 6.45) is 2.92. The van der Waals surface area contributed by atoms with E-state index in [1.54, 1.807) is 11.5 Å². The van der Waals surface area contributed by atoms with Gasteiger partial charge in [-0.3, -0.25) is 24.0 Å². The van der Waals surface area contributed by atoms with Crippen molar-refractivity contribution in [2.75, 3.05) is 37.6 Å². The van der Waals surface area contributed by atoms with Crippen LogP contribution in [0.15, 0.2) is 15.7 Å². The number of nitrogens with one attached hydrogen (secondary N) is 2. The zero-order valence-corrected chi connectivity index (χ0v) is 20.6. The van der Waals surface area contributed by atoms with E-state index in [4.69, 9.17) is 5.26 Å². The van der Waals surface area contributed by atoms with Crippen molar-refractivity contribution >= 4 is 22.5 Å². The van der Waals surface area contributed by atoms with Crippen LogP contribution in [0.1, 0.15) is 51.1 Å². The van der Waals surface area contributed by atoms with Gasteiger partial charge in [0.05, 0.1) is 22.7 Å².